The molecule has 118 valence electrons. The molecule has 0 spiro atoms. The molecule has 0 unspecified atom stereocenters. The minimum atomic E-state index is 0.569. The zero-order valence-corrected chi connectivity index (χ0v) is 14.1. The van der Waals surface area contributed by atoms with Crippen molar-refractivity contribution in [3.05, 3.63) is 46.2 Å². The fourth-order valence-corrected chi connectivity index (χ4v) is 2.97. The van der Waals surface area contributed by atoms with Crippen LogP contribution in [0.2, 0.25) is 10.0 Å². The monoisotopic (exact) mass is 339 g/mol. The maximum Gasteiger partial charge on any atom is 0.122 e. The molecule has 1 saturated heterocycles. The van der Waals surface area contributed by atoms with Crippen LogP contribution in [0.5, 0.6) is 0 Å². The molecule has 3 heterocycles. The second kappa shape index (κ2) is 6.96. The molecule has 1 aliphatic heterocycles. The molecule has 0 N–H and O–H groups in total. The summed E-state index contributed by atoms with van der Waals surface area (Å²) in [5.74, 6) is 1.10. The molecule has 0 amide bonds. The van der Waals surface area contributed by atoms with Gasteiger partial charge in [0.05, 0.1) is 22.3 Å². The van der Waals surface area contributed by atoms with Gasteiger partial charge in [0, 0.05) is 58.4 Å². The minimum absolute atomic E-state index is 0.569. The lowest BCUT2D eigenvalue weighted by atomic mass is 10.2. The maximum absolute atomic E-state index is 6.21. The number of piperazine rings is 1. The van der Waals surface area contributed by atoms with Crippen LogP contribution in [0.25, 0.3) is 0 Å². The normalized spacial score (nSPS) is 17.0. The molecule has 1 aliphatic rings. The van der Waals surface area contributed by atoms with Crippen LogP contribution in [0, 0.1) is 0 Å². The van der Waals surface area contributed by atoms with E-state index in [1.54, 1.807) is 12.3 Å². The Labute approximate surface area is 140 Å². The Morgan fingerprint density at radius 1 is 1.00 bits per heavy atom. The van der Waals surface area contributed by atoms with Crippen molar-refractivity contribution in [1.82, 2.24) is 24.3 Å². The molecule has 0 aromatic carbocycles. The van der Waals surface area contributed by atoms with E-state index in [-0.39, 0.29) is 0 Å². The highest BCUT2D eigenvalue weighted by Crippen LogP contribution is 2.25. The van der Waals surface area contributed by atoms with Crippen LogP contribution in [-0.4, -0.2) is 50.5 Å². The summed E-state index contributed by atoms with van der Waals surface area (Å²) in [6, 6.07) is 1.72. The van der Waals surface area contributed by atoms with E-state index < -0.39 is 0 Å². The van der Waals surface area contributed by atoms with Crippen LogP contribution < -0.4 is 0 Å². The van der Waals surface area contributed by atoms with Crippen molar-refractivity contribution in [1.29, 1.82) is 0 Å². The molecule has 2 aromatic heterocycles. The summed E-state index contributed by atoms with van der Waals surface area (Å²) in [7, 11) is 2.03. The van der Waals surface area contributed by atoms with Crippen molar-refractivity contribution in [3.8, 4) is 0 Å². The van der Waals surface area contributed by atoms with Crippen molar-refractivity contribution in [3.63, 3.8) is 0 Å². The summed E-state index contributed by atoms with van der Waals surface area (Å²) in [4.78, 5) is 13.5. The van der Waals surface area contributed by atoms with Gasteiger partial charge >= 0.3 is 0 Å². The summed E-state index contributed by atoms with van der Waals surface area (Å²) in [6.45, 7) is 5.67. The van der Waals surface area contributed by atoms with E-state index in [0.717, 1.165) is 50.8 Å². The average Bonchev–Trinajstić information content (AvgIpc) is 2.91. The molecule has 0 saturated carbocycles. The van der Waals surface area contributed by atoms with Gasteiger partial charge in [-0.3, -0.25) is 14.8 Å². The topological polar surface area (TPSA) is 37.2 Å². The quantitative estimate of drug-likeness (QED) is 0.857. The number of halogens is 2. The van der Waals surface area contributed by atoms with Crippen LogP contribution in [0.1, 0.15) is 11.5 Å². The van der Waals surface area contributed by atoms with Gasteiger partial charge in [0.15, 0.2) is 0 Å². The Morgan fingerprint density at radius 2 is 1.68 bits per heavy atom. The molecular weight excluding hydrogens is 321 g/mol. The highest BCUT2D eigenvalue weighted by molar-refractivity contribution is 6.42. The van der Waals surface area contributed by atoms with Crippen LogP contribution >= 0.6 is 23.2 Å². The third-order valence-corrected chi connectivity index (χ3v) is 4.87. The smallest absolute Gasteiger partial charge is 0.122 e. The molecule has 0 radical (unpaired) electrons. The largest absolute Gasteiger partial charge is 0.337 e. The van der Waals surface area contributed by atoms with E-state index >= 15 is 0 Å². The summed E-state index contributed by atoms with van der Waals surface area (Å²) >= 11 is 12.3. The van der Waals surface area contributed by atoms with E-state index in [4.69, 9.17) is 23.2 Å². The van der Waals surface area contributed by atoms with Crippen LogP contribution in [-0.2, 0) is 20.1 Å². The van der Waals surface area contributed by atoms with Crippen molar-refractivity contribution in [2.75, 3.05) is 26.2 Å². The molecule has 0 bridgehead atoms. The van der Waals surface area contributed by atoms with Crippen molar-refractivity contribution < 1.29 is 0 Å². The van der Waals surface area contributed by atoms with E-state index in [9.17, 15) is 0 Å². The first kappa shape index (κ1) is 15.7. The molecule has 5 nitrogen and oxygen atoms in total. The van der Waals surface area contributed by atoms with Gasteiger partial charge in [-0.15, -0.1) is 0 Å². The standard InChI is InChI=1S/C15H19Cl2N5/c1-20-5-4-19-14(20)11-22-8-6-21(7-9-22)10-13-15(17)12(16)2-3-18-13/h2-5H,6-11H2,1H3. The molecule has 2 aromatic rings. The van der Waals surface area contributed by atoms with Gasteiger partial charge < -0.3 is 4.57 Å². The van der Waals surface area contributed by atoms with Crippen LogP contribution in [0.15, 0.2) is 24.7 Å². The lowest BCUT2D eigenvalue weighted by Crippen LogP contribution is -2.45. The maximum atomic E-state index is 6.21. The fourth-order valence-electron chi connectivity index (χ4n) is 2.64. The molecule has 1 fully saturated rings. The number of aromatic nitrogens is 3. The fraction of sp³-hybridized carbons (Fsp3) is 0.467. The van der Waals surface area contributed by atoms with Gasteiger partial charge in [-0.2, -0.15) is 0 Å². The lowest BCUT2D eigenvalue weighted by molar-refractivity contribution is 0.118. The number of imidazole rings is 1. The average molecular weight is 340 g/mol. The molecule has 3 rings (SSSR count). The SMILES string of the molecule is Cn1ccnc1CN1CCN(Cc2nccc(Cl)c2Cl)CC1. The number of nitrogens with zero attached hydrogens (tertiary/aromatic N) is 5. The number of rotatable bonds is 4. The van der Waals surface area contributed by atoms with E-state index in [1.807, 2.05) is 19.4 Å². The van der Waals surface area contributed by atoms with Gasteiger partial charge in [0.1, 0.15) is 5.82 Å². The summed E-state index contributed by atoms with van der Waals surface area (Å²) in [6.07, 6.45) is 5.54. The first-order valence-electron chi connectivity index (χ1n) is 7.33. The number of aryl methyl sites for hydroxylation is 1. The first-order valence-corrected chi connectivity index (χ1v) is 8.09. The first-order chi connectivity index (χ1) is 10.6. The lowest BCUT2D eigenvalue weighted by Gasteiger charge is -2.34. The molecule has 22 heavy (non-hydrogen) atoms. The van der Waals surface area contributed by atoms with Crippen LogP contribution in [0.3, 0.4) is 0 Å². The third-order valence-electron chi connectivity index (χ3n) is 4.04. The molecule has 7 heteroatoms. The highest BCUT2D eigenvalue weighted by atomic mass is 35.5. The zero-order valence-electron chi connectivity index (χ0n) is 12.5. The third kappa shape index (κ3) is 3.60. The van der Waals surface area contributed by atoms with Gasteiger partial charge in [-0.05, 0) is 6.07 Å². The Bertz CT molecular complexity index is 635. The highest BCUT2D eigenvalue weighted by Gasteiger charge is 2.19. The van der Waals surface area contributed by atoms with Crippen LogP contribution in [0.4, 0.5) is 0 Å². The van der Waals surface area contributed by atoms with Gasteiger partial charge in [0.2, 0.25) is 0 Å². The Balaban J connectivity index is 1.53. The number of hydrogen-bond donors (Lipinski definition) is 0. The Morgan fingerprint density at radius 3 is 2.32 bits per heavy atom. The van der Waals surface area contributed by atoms with E-state index in [2.05, 4.69) is 24.3 Å². The van der Waals surface area contributed by atoms with Crippen molar-refractivity contribution in [2.24, 2.45) is 7.05 Å². The molecule has 0 aliphatic carbocycles. The Kier molecular flexibility index (Phi) is 4.98. The van der Waals surface area contributed by atoms with E-state index in [1.165, 1.54) is 0 Å². The summed E-state index contributed by atoms with van der Waals surface area (Å²) in [5, 5.41) is 1.14. The number of hydrogen-bond acceptors (Lipinski definition) is 4. The minimum Gasteiger partial charge on any atom is -0.337 e. The predicted molar refractivity (Wildman–Crippen MR) is 88.0 cm³/mol. The summed E-state index contributed by atoms with van der Waals surface area (Å²) < 4.78 is 2.07. The van der Waals surface area contributed by atoms with Gasteiger partial charge in [-0.1, -0.05) is 23.2 Å². The summed E-state index contributed by atoms with van der Waals surface area (Å²) in [5.41, 5.74) is 0.853. The van der Waals surface area contributed by atoms with Gasteiger partial charge in [-0.25, -0.2) is 4.98 Å². The van der Waals surface area contributed by atoms with Crippen molar-refractivity contribution in [2.45, 2.75) is 13.1 Å². The van der Waals surface area contributed by atoms with E-state index in [0.29, 0.717) is 10.0 Å². The zero-order chi connectivity index (χ0) is 15.5. The van der Waals surface area contributed by atoms with Gasteiger partial charge in [0.25, 0.3) is 0 Å². The second-order valence-corrected chi connectivity index (χ2v) is 6.35. The number of pyridine rings is 1. The Hall–Kier alpha value is -1.14. The molecule has 0 atom stereocenters. The molecular formula is C15H19Cl2N5. The predicted octanol–water partition coefficient (Wildman–Crippen LogP) is 2.44. The van der Waals surface area contributed by atoms with Crippen molar-refractivity contribution >= 4 is 23.2 Å². The second-order valence-electron chi connectivity index (χ2n) is 5.56.